The van der Waals surface area contributed by atoms with E-state index in [-0.39, 0.29) is 11.4 Å². The van der Waals surface area contributed by atoms with Crippen LogP contribution in [0, 0.1) is 20.2 Å². The van der Waals surface area contributed by atoms with Gasteiger partial charge in [0.25, 0.3) is 11.4 Å². The third kappa shape index (κ3) is 6.12. The number of nitrogens with zero attached hydrogens (tertiary/aromatic N) is 4. The van der Waals surface area contributed by atoms with E-state index in [4.69, 9.17) is 4.74 Å². The normalized spacial score (nSPS) is 16.3. The van der Waals surface area contributed by atoms with Crippen molar-refractivity contribution < 1.29 is 19.7 Å². The Morgan fingerprint density at radius 2 is 1.89 bits per heavy atom. The molecule has 10 heteroatoms. The van der Waals surface area contributed by atoms with E-state index < -0.39 is 16.0 Å². The third-order valence-corrected chi connectivity index (χ3v) is 4.50. The highest BCUT2D eigenvalue weighted by Crippen LogP contribution is 2.32. The molecule has 1 aromatic carbocycles. The van der Waals surface area contributed by atoms with E-state index in [1.54, 1.807) is 0 Å². The third-order valence-electron chi connectivity index (χ3n) is 4.50. The van der Waals surface area contributed by atoms with Crippen molar-refractivity contribution in [2.75, 3.05) is 50.8 Å². The van der Waals surface area contributed by atoms with Gasteiger partial charge < -0.3 is 14.7 Å². The number of anilines is 1. The molecule has 1 atom stereocenters. The van der Waals surface area contributed by atoms with Crippen LogP contribution in [0.3, 0.4) is 0 Å². The van der Waals surface area contributed by atoms with E-state index in [0.29, 0.717) is 51.6 Å². The molecule has 0 amide bonds. The molecule has 0 aliphatic carbocycles. The number of piperazine rings is 1. The first kappa shape index (κ1) is 21.0. The van der Waals surface area contributed by atoms with Gasteiger partial charge in [-0.3, -0.25) is 25.1 Å². The van der Waals surface area contributed by atoms with Gasteiger partial charge in [0.15, 0.2) is 0 Å². The summed E-state index contributed by atoms with van der Waals surface area (Å²) >= 11 is 0. The molecule has 1 fully saturated rings. The average molecular weight is 382 g/mol. The fraction of sp³-hybridized carbons (Fsp3) is 0.647. The van der Waals surface area contributed by atoms with Crippen LogP contribution in [0.25, 0.3) is 0 Å². The number of benzene rings is 1. The number of non-ortho nitro benzene ring substituents is 1. The molecular formula is C17H26N4O6. The molecule has 1 saturated heterocycles. The number of aliphatic hydroxyl groups excluding tert-OH is 1. The molecule has 0 bridgehead atoms. The van der Waals surface area contributed by atoms with Gasteiger partial charge in [-0.05, 0) is 12.5 Å². The van der Waals surface area contributed by atoms with Crippen LogP contribution < -0.4 is 4.90 Å². The molecule has 1 heterocycles. The van der Waals surface area contributed by atoms with Gasteiger partial charge in [0, 0.05) is 45.4 Å². The Morgan fingerprint density at radius 1 is 1.19 bits per heavy atom. The van der Waals surface area contributed by atoms with Crippen molar-refractivity contribution in [2.24, 2.45) is 0 Å². The number of hydrogen-bond donors (Lipinski definition) is 1. The maximum absolute atomic E-state index is 11.3. The quantitative estimate of drug-likeness (QED) is 0.369. The number of unbranched alkanes of at least 4 members (excludes halogenated alkanes) is 1. The summed E-state index contributed by atoms with van der Waals surface area (Å²) in [6.07, 6.45) is 1.45. The molecule has 1 aliphatic rings. The predicted molar refractivity (Wildman–Crippen MR) is 100 cm³/mol. The molecule has 1 aliphatic heterocycles. The molecule has 1 N–H and O–H groups in total. The molecule has 0 unspecified atom stereocenters. The lowest BCUT2D eigenvalue weighted by molar-refractivity contribution is -0.393. The maximum atomic E-state index is 11.3. The minimum atomic E-state index is -0.640. The van der Waals surface area contributed by atoms with Crippen molar-refractivity contribution in [3.05, 3.63) is 38.4 Å². The smallest absolute Gasteiger partial charge is 0.299 e. The van der Waals surface area contributed by atoms with Gasteiger partial charge in [-0.2, -0.15) is 0 Å². The minimum absolute atomic E-state index is 0.262. The van der Waals surface area contributed by atoms with E-state index in [2.05, 4.69) is 11.8 Å². The predicted octanol–water partition coefficient (Wildman–Crippen LogP) is 1.80. The van der Waals surface area contributed by atoms with Gasteiger partial charge in [0.1, 0.15) is 5.69 Å². The van der Waals surface area contributed by atoms with Gasteiger partial charge in [0.2, 0.25) is 0 Å². The van der Waals surface area contributed by atoms with Crippen molar-refractivity contribution >= 4 is 17.1 Å². The second kappa shape index (κ2) is 10.1. The Kier molecular flexibility index (Phi) is 7.89. The average Bonchev–Trinajstić information content (AvgIpc) is 2.65. The van der Waals surface area contributed by atoms with E-state index in [1.807, 2.05) is 4.90 Å². The largest absolute Gasteiger partial charge is 0.389 e. The van der Waals surface area contributed by atoms with Gasteiger partial charge in [-0.25, -0.2) is 0 Å². The number of nitro groups is 2. The highest BCUT2D eigenvalue weighted by molar-refractivity contribution is 5.67. The SMILES string of the molecule is CCCCOC[C@@H](O)CN1CCN(c2ccc([N+](=O)[O-])cc2[N+](=O)[O-])CC1. The van der Waals surface area contributed by atoms with Crippen LogP contribution in [0.2, 0.25) is 0 Å². The first-order valence-electron chi connectivity index (χ1n) is 9.08. The summed E-state index contributed by atoms with van der Waals surface area (Å²) in [5.41, 5.74) is -0.175. The summed E-state index contributed by atoms with van der Waals surface area (Å²) in [4.78, 5) is 24.8. The first-order valence-corrected chi connectivity index (χ1v) is 9.08. The van der Waals surface area contributed by atoms with Crippen LogP contribution in [0.1, 0.15) is 19.8 Å². The molecule has 10 nitrogen and oxygen atoms in total. The second-order valence-electron chi connectivity index (χ2n) is 6.56. The Morgan fingerprint density at radius 3 is 2.48 bits per heavy atom. The fourth-order valence-electron chi connectivity index (χ4n) is 3.03. The summed E-state index contributed by atoms with van der Waals surface area (Å²) in [5, 5.41) is 32.2. The Labute approximate surface area is 157 Å². The van der Waals surface area contributed by atoms with Gasteiger partial charge in [-0.1, -0.05) is 13.3 Å². The van der Waals surface area contributed by atoms with Crippen molar-refractivity contribution in [3.8, 4) is 0 Å². The Hall–Kier alpha value is -2.30. The second-order valence-corrected chi connectivity index (χ2v) is 6.56. The minimum Gasteiger partial charge on any atom is -0.389 e. The van der Waals surface area contributed by atoms with Crippen LogP contribution >= 0.6 is 0 Å². The number of ether oxygens (including phenoxy) is 1. The van der Waals surface area contributed by atoms with Crippen LogP contribution in [-0.2, 0) is 4.74 Å². The fourth-order valence-corrected chi connectivity index (χ4v) is 3.03. The lowest BCUT2D eigenvalue weighted by Gasteiger charge is -2.36. The first-order chi connectivity index (χ1) is 12.9. The summed E-state index contributed by atoms with van der Waals surface area (Å²) in [5.74, 6) is 0. The Balaban J connectivity index is 1.90. The van der Waals surface area contributed by atoms with E-state index in [1.165, 1.54) is 12.1 Å². The van der Waals surface area contributed by atoms with Crippen LogP contribution in [0.5, 0.6) is 0 Å². The lowest BCUT2D eigenvalue weighted by Crippen LogP contribution is -2.49. The van der Waals surface area contributed by atoms with Gasteiger partial charge in [-0.15, -0.1) is 0 Å². The maximum Gasteiger partial charge on any atom is 0.299 e. The standard InChI is InChI=1S/C17H26N4O6/c1-2-3-10-27-13-15(22)12-18-6-8-19(9-7-18)16-5-4-14(20(23)24)11-17(16)21(25)26/h4-5,11,15,22H,2-3,6-10,12-13H2,1H3/t15-/m0/s1. The number of hydrogen-bond acceptors (Lipinski definition) is 8. The van der Waals surface area contributed by atoms with E-state index in [0.717, 1.165) is 18.9 Å². The van der Waals surface area contributed by atoms with Crippen LogP contribution in [0.15, 0.2) is 18.2 Å². The molecule has 150 valence electrons. The molecule has 0 aromatic heterocycles. The monoisotopic (exact) mass is 382 g/mol. The van der Waals surface area contributed by atoms with E-state index >= 15 is 0 Å². The van der Waals surface area contributed by atoms with E-state index in [9.17, 15) is 25.3 Å². The molecule has 27 heavy (non-hydrogen) atoms. The summed E-state index contributed by atoms with van der Waals surface area (Å²) in [7, 11) is 0. The lowest BCUT2D eigenvalue weighted by atomic mass is 10.2. The summed E-state index contributed by atoms with van der Waals surface area (Å²) in [6, 6.07) is 3.72. The molecule has 2 rings (SSSR count). The molecule has 0 saturated carbocycles. The zero-order valence-corrected chi connectivity index (χ0v) is 15.5. The highest BCUT2D eigenvalue weighted by atomic mass is 16.6. The zero-order valence-electron chi connectivity index (χ0n) is 15.5. The molecule has 0 spiro atoms. The van der Waals surface area contributed by atoms with Crippen molar-refractivity contribution in [1.82, 2.24) is 4.90 Å². The van der Waals surface area contributed by atoms with Crippen LogP contribution in [-0.4, -0.2) is 71.9 Å². The topological polar surface area (TPSA) is 122 Å². The van der Waals surface area contributed by atoms with Crippen LogP contribution in [0.4, 0.5) is 17.1 Å². The summed E-state index contributed by atoms with van der Waals surface area (Å²) in [6.45, 7) is 5.88. The molecule has 0 radical (unpaired) electrons. The molecule has 1 aromatic rings. The van der Waals surface area contributed by atoms with Crippen molar-refractivity contribution in [3.63, 3.8) is 0 Å². The number of rotatable bonds is 10. The zero-order chi connectivity index (χ0) is 19.8. The van der Waals surface area contributed by atoms with Crippen molar-refractivity contribution in [2.45, 2.75) is 25.9 Å². The number of β-amino-alcohol motifs (C(OH)–C–C–N with tert-alkyl or cyclic N) is 1. The summed E-state index contributed by atoms with van der Waals surface area (Å²) < 4.78 is 5.42. The Bertz CT molecular complexity index is 648. The highest BCUT2D eigenvalue weighted by Gasteiger charge is 2.26. The van der Waals surface area contributed by atoms with Crippen molar-refractivity contribution in [1.29, 1.82) is 0 Å². The molecular weight excluding hydrogens is 356 g/mol. The number of aliphatic hydroxyl groups is 1. The van der Waals surface area contributed by atoms with Gasteiger partial charge >= 0.3 is 0 Å². The number of nitro benzene ring substituents is 2. The van der Waals surface area contributed by atoms with Gasteiger partial charge in [0.05, 0.1) is 28.6 Å².